The molecule has 31 heavy (non-hydrogen) atoms. The molecule has 1 saturated heterocycles. The van der Waals surface area contributed by atoms with Crippen LogP contribution in [0, 0.1) is 6.92 Å². The van der Waals surface area contributed by atoms with Crippen LogP contribution >= 0.6 is 34.9 Å². The topological polar surface area (TPSA) is 182 Å². The number of fused-ring (bicyclic) bond motifs is 1. The van der Waals surface area contributed by atoms with Gasteiger partial charge in [0.25, 0.3) is 22.8 Å². The minimum Gasteiger partial charge on any atom is -0.477 e. The first kappa shape index (κ1) is 21.3. The smallest absolute Gasteiger partial charge is 0.352 e. The zero-order chi connectivity index (χ0) is 22.3. The number of anilines is 1. The number of carboxylic acid groups (broad SMARTS) is 1. The van der Waals surface area contributed by atoms with E-state index in [0.29, 0.717) is 22.4 Å². The molecule has 4 heterocycles. The van der Waals surface area contributed by atoms with Crippen molar-refractivity contribution in [3.8, 4) is 0 Å². The number of thioether (sulfide) groups is 2. The number of nitrogens with two attached hydrogens (primary N) is 1. The number of carboxylic acids is 1. The molecule has 0 spiro atoms. The number of aliphatic carboxylic acids is 1. The Balaban J connectivity index is 1.46. The van der Waals surface area contributed by atoms with Crippen LogP contribution in [0.5, 0.6) is 0 Å². The molecule has 0 aliphatic carbocycles. The van der Waals surface area contributed by atoms with Crippen molar-refractivity contribution in [3.05, 3.63) is 28.2 Å². The van der Waals surface area contributed by atoms with Crippen LogP contribution in [0.3, 0.4) is 0 Å². The maximum atomic E-state index is 12.6. The molecule has 0 radical (unpaired) electrons. The zero-order valence-corrected chi connectivity index (χ0v) is 18.2. The monoisotopic (exact) mass is 482 g/mol. The van der Waals surface area contributed by atoms with Gasteiger partial charge in [0.05, 0.1) is 0 Å². The summed E-state index contributed by atoms with van der Waals surface area (Å²) in [6, 6.07) is -1.01. The fourth-order valence-electron chi connectivity index (χ4n) is 2.99. The molecular formula is C16H14N6O6S3. The molecule has 0 saturated carbocycles. The first-order valence-electron chi connectivity index (χ1n) is 8.65. The van der Waals surface area contributed by atoms with Crippen molar-refractivity contribution in [1.29, 1.82) is 0 Å². The number of hydrogen-bond acceptors (Lipinski definition) is 12. The summed E-state index contributed by atoms with van der Waals surface area (Å²) in [6.45, 7) is 1.64. The number of carbonyl (C=O) groups is 4. The van der Waals surface area contributed by atoms with Crippen molar-refractivity contribution in [1.82, 2.24) is 25.4 Å². The second kappa shape index (κ2) is 8.32. The highest BCUT2D eigenvalue weighted by atomic mass is 32.2. The van der Waals surface area contributed by atoms with E-state index in [0.717, 1.165) is 16.2 Å². The van der Waals surface area contributed by atoms with Crippen LogP contribution < -0.4 is 11.1 Å². The van der Waals surface area contributed by atoms with Gasteiger partial charge in [-0.3, -0.25) is 19.3 Å². The second-order valence-corrected chi connectivity index (χ2v) is 9.32. The van der Waals surface area contributed by atoms with Crippen LogP contribution in [0.2, 0.25) is 0 Å². The first-order chi connectivity index (χ1) is 14.8. The number of Topliss-reactive ketones (excluding diaryl/α,β-unsaturated/α-hetero) is 1. The van der Waals surface area contributed by atoms with Gasteiger partial charge in [0.1, 0.15) is 22.8 Å². The maximum Gasteiger partial charge on any atom is 0.352 e. The van der Waals surface area contributed by atoms with Gasteiger partial charge < -0.3 is 20.6 Å². The van der Waals surface area contributed by atoms with E-state index >= 15 is 0 Å². The quantitative estimate of drug-likeness (QED) is 0.210. The maximum absolute atomic E-state index is 12.6. The summed E-state index contributed by atoms with van der Waals surface area (Å²) < 4.78 is 5.27. The lowest BCUT2D eigenvalue weighted by molar-refractivity contribution is -0.150. The summed E-state index contributed by atoms with van der Waals surface area (Å²) in [5.74, 6) is -2.83. The number of carbonyl (C=O) groups excluding carboxylic acids is 3. The Bertz CT molecular complexity index is 1130. The number of thiazole rings is 1. The predicted octanol–water partition coefficient (Wildman–Crippen LogP) is 0.130. The number of β-lactam (4-membered cyclic amide) rings is 1. The van der Waals surface area contributed by atoms with E-state index in [1.165, 1.54) is 28.9 Å². The van der Waals surface area contributed by atoms with Crippen molar-refractivity contribution in [2.75, 3.05) is 17.2 Å². The Kier molecular flexibility index (Phi) is 5.72. The third kappa shape index (κ3) is 4.03. The summed E-state index contributed by atoms with van der Waals surface area (Å²) in [7, 11) is 0. The van der Waals surface area contributed by atoms with Gasteiger partial charge in [-0.15, -0.1) is 33.3 Å². The molecule has 0 bridgehead atoms. The molecular weight excluding hydrogens is 468 g/mol. The van der Waals surface area contributed by atoms with Gasteiger partial charge in [-0.1, -0.05) is 11.8 Å². The van der Waals surface area contributed by atoms with Gasteiger partial charge >= 0.3 is 5.97 Å². The Morgan fingerprint density at radius 1 is 1.42 bits per heavy atom. The van der Waals surface area contributed by atoms with E-state index in [2.05, 4.69) is 20.5 Å². The number of rotatable bonds is 7. The first-order valence-corrected chi connectivity index (χ1v) is 11.6. The minimum absolute atomic E-state index is 0.110. The normalized spacial score (nSPS) is 20.3. The Morgan fingerprint density at radius 3 is 2.81 bits per heavy atom. The lowest BCUT2D eigenvalue weighted by Gasteiger charge is -2.49. The number of hydrogen-bond donors (Lipinski definition) is 3. The average Bonchev–Trinajstić information content (AvgIpc) is 3.36. The highest BCUT2D eigenvalue weighted by Crippen LogP contribution is 2.41. The van der Waals surface area contributed by atoms with Crippen LogP contribution in [0.15, 0.2) is 26.3 Å². The molecule has 1 fully saturated rings. The van der Waals surface area contributed by atoms with Gasteiger partial charge in [-0.2, -0.15) is 0 Å². The molecule has 1 unspecified atom stereocenters. The van der Waals surface area contributed by atoms with E-state index < -0.39 is 35.0 Å². The number of nitrogen functional groups attached to an aromatic ring is 1. The number of nitrogens with one attached hydrogen (secondary N) is 1. The minimum atomic E-state index is -1.25. The fraction of sp³-hybridized carbons (Fsp3) is 0.312. The number of amides is 2. The zero-order valence-electron chi connectivity index (χ0n) is 15.7. The number of aromatic nitrogens is 3. The van der Waals surface area contributed by atoms with Crippen LogP contribution in [-0.2, 0) is 14.4 Å². The summed E-state index contributed by atoms with van der Waals surface area (Å²) in [5, 5.41) is 20.8. The molecule has 2 aromatic rings. The molecule has 162 valence electrons. The van der Waals surface area contributed by atoms with Crippen molar-refractivity contribution in [2.24, 2.45) is 0 Å². The predicted molar refractivity (Wildman–Crippen MR) is 110 cm³/mol. The lowest BCUT2D eigenvalue weighted by atomic mass is 10.0. The van der Waals surface area contributed by atoms with Crippen molar-refractivity contribution in [2.45, 2.75) is 23.6 Å². The summed E-state index contributed by atoms with van der Waals surface area (Å²) in [4.78, 5) is 53.8. The molecule has 15 heteroatoms. The average molecular weight is 483 g/mol. The summed E-state index contributed by atoms with van der Waals surface area (Å²) >= 11 is 3.48. The van der Waals surface area contributed by atoms with Crippen molar-refractivity contribution in [3.63, 3.8) is 0 Å². The molecule has 12 nitrogen and oxygen atoms in total. The number of nitrogens with zero attached hydrogens (tertiary/aromatic N) is 4. The van der Waals surface area contributed by atoms with E-state index in [1.54, 1.807) is 6.92 Å². The van der Waals surface area contributed by atoms with E-state index in [1.807, 2.05) is 0 Å². The van der Waals surface area contributed by atoms with Gasteiger partial charge in [-0.05, 0) is 5.57 Å². The number of aryl methyl sites for hydroxylation is 1. The Hall–Kier alpha value is -2.91. The third-order valence-electron chi connectivity index (χ3n) is 4.37. The van der Waals surface area contributed by atoms with Crippen molar-refractivity contribution >= 4 is 63.6 Å². The van der Waals surface area contributed by atoms with Gasteiger partial charge in [0.15, 0.2) is 5.13 Å². The Labute approximate surface area is 186 Å². The molecule has 4 rings (SSSR count). The summed E-state index contributed by atoms with van der Waals surface area (Å²) in [5.41, 5.74) is 5.74. The van der Waals surface area contributed by atoms with Crippen LogP contribution in [0.4, 0.5) is 5.13 Å². The van der Waals surface area contributed by atoms with Crippen molar-refractivity contribution < 1.29 is 28.7 Å². The van der Waals surface area contributed by atoms with Crippen LogP contribution in [-0.4, -0.2) is 71.7 Å². The Morgan fingerprint density at radius 2 is 2.19 bits per heavy atom. The van der Waals surface area contributed by atoms with Gasteiger partial charge in [-0.25, -0.2) is 9.78 Å². The van der Waals surface area contributed by atoms with Crippen LogP contribution in [0.25, 0.3) is 0 Å². The van der Waals surface area contributed by atoms with E-state index in [4.69, 9.17) is 10.2 Å². The fourth-order valence-corrected chi connectivity index (χ4v) is 5.83. The third-order valence-corrected chi connectivity index (χ3v) is 7.29. The number of ketones is 1. The molecule has 4 N–H and O–H groups in total. The molecule has 2 amide bonds. The molecule has 2 atom stereocenters. The highest BCUT2D eigenvalue weighted by Gasteiger charge is 2.54. The SMILES string of the molecule is Cc1nnc(SCC2=C(C(=O)O)N3C(=O)C(NC(=O)C(=O)c4csc(N)n4)[C@H]3SC2)o1. The highest BCUT2D eigenvalue weighted by molar-refractivity contribution is 8.01. The lowest BCUT2D eigenvalue weighted by Crippen LogP contribution is -2.71. The largest absolute Gasteiger partial charge is 0.477 e. The molecule has 2 aliphatic heterocycles. The molecule has 0 aromatic carbocycles. The second-order valence-electron chi connectivity index (χ2n) is 6.39. The molecule has 2 aromatic heterocycles. The van der Waals surface area contributed by atoms with Crippen LogP contribution in [0.1, 0.15) is 16.4 Å². The van der Waals surface area contributed by atoms with E-state index in [9.17, 15) is 24.3 Å². The van der Waals surface area contributed by atoms with E-state index in [-0.39, 0.29) is 22.3 Å². The summed E-state index contributed by atoms with van der Waals surface area (Å²) in [6.07, 6.45) is 0. The molecule has 2 aliphatic rings. The van der Waals surface area contributed by atoms with Gasteiger partial charge in [0, 0.05) is 23.8 Å². The van der Waals surface area contributed by atoms with Gasteiger partial charge in [0.2, 0.25) is 5.89 Å². The standard InChI is InChI=1S/C16H14N6O6S3/c1-5-20-21-16(28-5)31-3-6-2-29-13-8(12(25)22(13)9(6)14(26)27)19-11(24)10(23)7-4-30-15(17)18-7/h4,8,13H,2-3H2,1H3,(H2,17,18)(H,19,24)(H,26,27)/t8?,13-/m1/s1.